The first kappa shape index (κ1) is 26.2. The van der Waals surface area contributed by atoms with E-state index in [1.807, 2.05) is 6.07 Å². The van der Waals surface area contributed by atoms with Gasteiger partial charge in [0.25, 0.3) is 5.91 Å². The lowest BCUT2D eigenvalue weighted by Crippen LogP contribution is -2.25. The monoisotopic (exact) mass is 490 g/mol. The smallest absolute Gasteiger partial charge is 0.265 e. The molecule has 0 aliphatic rings. The Hall–Kier alpha value is -3.41. The molecule has 0 unspecified atom stereocenters. The molecule has 0 radical (unpaired) electrons. The number of anilines is 3. The number of thiophene rings is 1. The van der Waals surface area contributed by atoms with Crippen LogP contribution in [0.25, 0.3) is 0 Å². The van der Waals surface area contributed by atoms with Crippen molar-refractivity contribution in [2.24, 2.45) is 0 Å². The molecule has 1 aromatic carbocycles. The number of nitrogens with two attached hydrogens (primary N) is 1. The molecule has 0 saturated heterocycles. The predicted molar refractivity (Wildman–Crippen MR) is 146 cm³/mol. The van der Waals surface area contributed by atoms with E-state index in [4.69, 9.17) is 5.73 Å². The van der Waals surface area contributed by atoms with Crippen molar-refractivity contribution in [2.45, 2.75) is 32.6 Å². The molecule has 0 aliphatic carbocycles. The highest BCUT2D eigenvalue weighted by Gasteiger charge is 2.19. The molecule has 8 heteroatoms. The summed E-state index contributed by atoms with van der Waals surface area (Å²) in [6.45, 7) is 8.41. The maximum Gasteiger partial charge on any atom is 0.265 e. The van der Waals surface area contributed by atoms with Gasteiger partial charge in [-0.2, -0.15) is 0 Å². The van der Waals surface area contributed by atoms with Crippen LogP contribution < -0.4 is 16.0 Å². The number of nitrogens with one attached hydrogen (secondary N) is 1. The number of rotatable bonds is 7. The fourth-order valence-electron chi connectivity index (χ4n) is 3.43. The van der Waals surface area contributed by atoms with E-state index >= 15 is 0 Å². The first-order valence-electron chi connectivity index (χ1n) is 11.5. The molecule has 0 fully saturated rings. The second kappa shape index (κ2) is 11.3. The fraction of sp³-hybridized carbons (Fsp3) is 0.370. The molecule has 0 aliphatic heterocycles. The van der Waals surface area contributed by atoms with Crippen LogP contribution in [0.4, 0.5) is 17.3 Å². The third kappa shape index (κ3) is 7.54. The van der Waals surface area contributed by atoms with Crippen molar-refractivity contribution in [3.05, 3.63) is 63.6 Å². The normalized spacial score (nSPS) is 11.2. The quantitative estimate of drug-likeness (QED) is 0.476. The van der Waals surface area contributed by atoms with Gasteiger partial charge in [-0.3, -0.25) is 4.79 Å². The van der Waals surface area contributed by atoms with Crippen molar-refractivity contribution >= 4 is 34.6 Å². The number of carbonyl (C=O) groups is 1. The van der Waals surface area contributed by atoms with Crippen LogP contribution in [0.3, 0.4) is 0 Å². The Balaban J connectivity index is 1.80. The van der Waals surface area contributed by atoms with Gasteiger partial charge in [0, 0.05) is 26.0 Å². The minimum Gasteiger partial charge on any atom is -0.373 e. The molecule has 0 bridgehead atoms. The Morgan fingerprint density at radius 1 is 1.06 bits per heavy atom. The van der Waals surface area contributed by atoms with Crippen LogP contribution in [0, 0.1) is 11.8 Å². The van der Waals surface area contributed by atoms with Gasteiger partial charge in [0.1, 0.15) is 0 Å². The van der Waals surface area contributed by atoms with Gasteiger partial charge in [0.2, 0.25) is 5.95 Å². The molecular formula is C27H34N6OS. The largest absolute Gasteiger partial charge is 0.373 e. The van der Waals surface area contributed by atoms with Gasteiger partial charge in [-0.25, -0.2) is 9.97 Å². The number of hydrogen-bond acceptors (Lipinski definition) is 7. The minimum atomic E-state index is -0.145. The van der Waals surface area contributed by atoms with Gasteiger partial charge in [-0.1, -0.05) is 38.7 Å². The SMILES string of the molecule is CN(C)CCCN(C)c1ccc(C(C)(C)C)cc1NC(=O)c1ccc(C#Cc2cnc(N)nc2)s1. The number of amides is 1. The highest BCUT2D eigenvalue weighted by Crippen LogP contribution is 2.32. The standard InChI is InChI=1S/C27H34N6OS/c1-27(2,3)20-9-12-23(33(6)15-7-14-32(4)5)22(16-20)31-25(34)24-13-11-21(35-24)10-8-19-17-29-26(28)30-18-19/h9,11-13,16-18H,7,14-15H2,1-6H3,(H,31,34)(H2,28,29,30). The summed E-state index contributed by atoms with van der Waals surface area (Å²) in [6.07, 6.45) is 4.19. The van der Waals surface area contributed by atoms with Crippen molar-refractivity contribution in [3.63, 3.8) is 0 Å². The fourth-order valence-corrected chi connectivity index (χ4v) is 4.18. The van der Waals surface area contributed by atoms with Crippen LogP contribution in [0.5, 0.6) is 0 Å². The second-order valence-electron chi connectivity index (χ2n) is 9.76. The molecule has 7 nitrogen and oxygen atoms in total. The van der Waals surface area contributed by atoms with E-state index in [1.54, 1.807) is 18.5 Å². The summed E-state index contributed by atoms with van der Waals surface area (Å²) in [5, 5.41) is 3.15. The van der Waals surface area contributed by atoms with E-state index in [1.165, 1.54) is 16.9 Å². The van der Waals surface area contributed by atoms with Crippen LogP contribution in [0.2, 0.25) is 0 Å². The zero-order chi connectivity index (χ0) is 25.6. The van der Waals surface area contributed by atoms with E-state index in [0.717, 1.165) is 35.8 Å². The van der Waals surface area contributed by atoms with E-state index in [-0.39, 0.29) is 17.3 Å². The lowest BCUT2D eigenvalue weighted by Gasteiger charge is -2.26. The molecule has 184 valence electrons. The summed E-state index contributed by atoms with van der Waals surface area (Å²) >= 11 is 1.35. The first-order chi connectivity index (χ1) is 16.5. The summed E-state index contributed by atoms with van der Waals surface area (Å²) < 4.78 is 0. The number of aromatic nitrogens is 2. The molecule has 0 spiro atoms. The van der Waals surface area contributed by atoms with Crippen LogP contribution in [-0.2, 0) is 5.41 Å². The first-order valence-corrected chi connectivity index (χ1v) is 12.4. The average Bonchev–Trinajstić information content (AvgIpc) is 3.27. The maximum absolute atomic E-state index is 13.2. The Labute approximate surface area is 212 Å². The third-order valence-electron chi connectivity index (χ3n) is 5.45. The highest BCUT2D eigenvalue weighted by atomic mass is 32.1. The van der Waals surface area contributed by atoms with E-state index in [9.17, 15) is 4.79 Å². The Morgan fingerprint density at radius 2 is 1.77 bits per heavy atom. The second-order valence-corrected chi connectivity index (χ2v) is 10.8. The van der Waals surface area contributed by atoms with Crippen molar-refractivity contribution in [3.8, 4) is 11.8 Å². The maximum atomic E-state index is 13.2. The van der Waals surface area contributed by atoms with Crippen molar-refractivity contribution in [1.82, 2.24) is 14.9 Å². The Morgan fingerprint density at radius 3 is 2.43 bits per heavy atom. The molecule has 3 N–H and O–H groups in total. The summed E-state index contributed by atoms with van der Waals surface area (Å²) in [5.41, 5.74) is 9.14. The molecule has 1 amide bonds. The highest BCUT2D eigenvalue weighted by molar-refractivity contribution is 7.14. The molecule has 3 aromatic rings. The number of nitrogens with zero attached hydrogens (tertiary/aromatic N) is 4. The molecule has 3 rings (SSSR count). The molecular weight excluding hydrogens is 456 g/mol. The van der Waals surface area contributed by atoms with Crippen molar-refractivity contribution in [2.75, 3.05) is 50.2 Å². The summed E-state index contributed by atoms with van der Waals surface area (Å²) in [5.74, 6) is 6.14. The Bertz CT molecular complexity index is 1210. The summed E-state index contributed by atoms with van der Waals surface area (Å²) in [4.78, 5) is 26.8. The molecule has 2 aromatic heterocycles. The van der Waals surface area contributed by atoms with E-state index in [0.29, 0.717) is 10.4 Å². The van der Waals surface area contributed by atoms with E-state index < -0.39 is 0 Å². The van der Waals surface area contributed by atoms with Gasteiger partial charge in [-0.15, -0.1) is 11.3 Å². The number of benzene rings is 1. The molecule has 0 atom stereocenters. The van der Waals surface area contributed by atoms with E-state index in [2.05, 4.69) is 97.0 Å². The predicted octanol–water partition coefficient (Wildman–Crippen LogP) is 4.46. The number of carbonyl (C=O) groups excluding carboxylic acids is 1. The van der Waals surface area contributed by atoms with Crippen LogP contribution >= 0.6 is 11.3 Å². The van der Waals surface area contributed by atoms with Gasteiger partial charge < -0.3 is 20.9 Å². The summed E-state index contributed by atoms with van der Waals surface area (Å²) in [6, 6.07) is 9.99. The molecule has 2 heterocycles. The zero-order valence-electron chi connectivity index (χ0n) is 21.3. The van der Waals surface area contributed by atoms with Gasteiger partial charge in [-0.05, 0) is 62.3 Å². The number of nitrogen functional groups attached to an aromatic ring is 1. The van der Waals surface area contributed by atoms with Crippen LogP contribution in [-0.4, -0.2) is 55.0 Å². The Kier molecular flexibility index (Phi) is 8.49. The summed E-state index contributed by atoms with van der Waals surface area (Å²) in [7, 11) is 6.22. The number of hydrogen-bond donors (Lipinski definition) is 2. The topological polar surface area (TPSA) is 87.4 Å². The zero-order valence-corrected chi connectivity index (χ0v) is 22.2. The van der Waals surface area contributed by atoms with Crippen molar-refractivity contribution < 1.29 is 4.79 Å². The lowest BCUT2D eigenvalue weighted by molar-refractivity contribution is 0.103. The van der Waals surface area contributed by atoms with Crippen LogP contribution in [0.1, 0.15) is 52.9 Å². The minimum absolute atomic E-state index is 0.0288. The third-order valence-corrected chi connectivity index (χ3v) is 6.45. The molecule has 35 heavy (non-hydrogen) atoms. The van der Waals surface area contributed by atoms with Gasteiger partial charge in [0.05, 0.1) is 26.7 Å². The van der Waals surface area contributed by atoms with Gasteiger partial charge >= 0.3 is 0 Å². The molecule has 0 saturated carbocycles. The van der Waals surface area contributed by atoms with Crippen molar-refractivity contribution in [1.29, 1.82) is 0 Å². The van der Waals surface area contributed by atoms with Gasteiger partial charge in [0.15, 0.2) is 0 Å². The van der Waals surface area contributed by atoms with Crippen LogP contribution in [0.15, 0.2) is 42.7 Å². The lowest BCUT2D eigenvalue weighted by atomic mass is 9.86. The average molecular weight is 491 g/mol.